The summed E-state index contributed by atoms with van der Waals surface area (Å²) in [5, 5.41) is 5.87. The Balaban J connectivity index is 3.47. The number of carbonyl (C=O) groups is 4. The molecule has 0 atom stereocenters. The molecule has 0 aliphatic carbocycles. The summed E-state index contributed by atoms with van der Waals surface area (Å²) in [4.78, 5) is 46.9. The van der Waals surface area contributed by atoms with Gasteiger partial charge in [-0.1, -0.05) is 47.5 Å². The third-order valence-electron chi connectivity index (χ3n) is 5.36. The van der Waals surface area contributed by atoms with E-state index in [9.17, 15) is 19.2 Å². The van der Waals surface area contributed by atoms with Gasteiger partial charge in [0.15, 0.2) is 0 Å². The van der Waals surface area contributed by atoms with Crippen LogP contribution in [0.15, 0.2) is 0 Å². The second-order valence-electron chi connectivity index (χ2n) is 9.82. The zero-order valence-electron chi connectivity index (χ0n) is 20.6. The van der Waals surface area contributed by atoms with Crippen LogP contribution in [0.4, 0.5) is 0 Å². The molecule has 2 amide bonds. The van der Waals surface area contributed by atoms with E-state index in [1.807, 2.05) is 34.6 Å². The molecule has 0 aromatic heterocycles. The molecule has 6 heteroatoms. The zero-order chi connectivity index (χ0) is 23.7. The number of hydrogen-bond acceptors (Lipinski definition) is 4. The van der Waals surface area contributed by atoms with E-state index in [1.54, 1.807) is 0 Å². The minimum absolute atomic E-state index is 0.0607. The van der Waals surface area contributed by atoms with E-state index < -0.39 is 0 Å². The normalized spacial score (nSPS) is 11.4. The van der Waals surface area contributed by atoms with Gasteiger partial charge in [-0.3, -0.25) is 19.2 Å². The molecule has 0 aromatic carbocycles. The maximum Gasteiger partial charge on any atom is 0.219 e. The standard InChI is InChI=1S/C25H46N2O4/c1-20(2)21(28)14-8-10-16-23(30)26-18-12-6-7-13-19-27-24(31)17-11-9-15-22(29)25(3,4)5/h20H,6-19H2,1-5H3,(H,26,30)(H,27,31). The number of rotatable bonds is 18. The maximum atomic E-state index is 11.8. The van der Waals surface area contributed by atoms with E-state index in [4.69, 9.17) is 0 Å². The van der Waals surface area contributed by atoms with E-state index in [2.05, 4.69) is 10.6 Å². The Morgan fingerprint density at radius 2 is 1.03 bits per heavy atom. The van der Waals surface area contributed by atoms with Gasteiger partial charge in [0.1, 0.15) is 11.6 Å². The van der Waals surface area contributed by atoms with Gasteiger partial charge in [0, 0.05) is 50.1 Å². The molecule has 0 aliphatic rings. The fourth-order valence-electron chi connectivity index (χ4n) is 3.06. The average Bonchev–Trinajstić information content (AvgIpc) is 2.69. The number of hydrogen-bond donors (Lipinski definition) is 2. The fourth-order valence-corrected chi connectivity index (χ4v) is 3.06. The van der Waals surface area contributed by atoms with Crippen molar-refractivity contribution >= 4 is 23.4 Å². The van der Waals surface area contributed by atoms with E-state index in [1.165, 1.54) is 0 Å². The van der Waals surface area contributed by atoms with Crippen LogP contribution in [0.3, 0.4) is 0 Å². The van der Waals surface area contributed by atoms with Crippen molar-refractivity contribution in [1.29, 1.82) is 0 Å². The number of nitrogens with one attached hydrogen (secondary N) is 2. The SMILES string of the molecule is CC(C)C(=O)CCCCC(=O)NCCCCCCNC(=O)CCCCC(=O)C(C)(C)C. The summed E-state index contributed by atoms with van der Waals surface area (Å²) in [5.74, 6) is 0.725. The van der Waals surface area contributed by atoms with Gasteiger partial charge < -0.3 is 10.6 Å². The molecule has 0 saturated carbocycles. The lowest BCUT2D eigenvalue weighted by molar-refractivity contribution is -0.127. The van der Waals surface area contributed by atoms with Crippen LogP contribution in [0, 0.1) is 11.3 Å². The molecule has 0 aliphatic heterocycles. The summed E-state index contributed by atoms with van der Waals surface area (Å²) in [6.45, 7) is 11.0. The summed E-state index contributed by atoms with van der Waals surface area (Å²) in [6.07, 6.45) is 9.07. The van der Waals surface area contributed by atoms with Crippen molar-refractivity contribution in [3.63, 3.8) is 0 Å². The molecule has 180 valence electrons. The summed E-state index contributed by atoms with van der Waals surface area (Å²) < 4.78 is 0. The molecule has 31 heavy (non-hydrogen) atoms. The predicted octanol–water partition coefficient (Wildman–Crippen LogP) is 4.74. The van der Waals surface area contributed by atoms with Gasteiger partial charge >= 0.3 is 0 Å². The molecule has 0 bridgehead atoms. The van der Waals surface area contributed by atoms with Gasteiger partial charge in [0.05, 0.1) is 0 Å². The summed E-state index contributed by atoms with van der Waals surface area (Å²) in [7, 11) is 0. The summed E-state index contributed by atoms with van der Waals surface area (Å²) in [5.41, 5.74) is -0.292. The molecule has 0 radical (unpaired) electrons. The number of ketones is 2. The Hall–Kier alpha value is -1.72. The molecular weight excluding hydrogens is 392 g/mol. The topological polar surface area (TPSA) is 92.3 Å². The lowest BCUT2D eigenvalue weighted by Gasteiger charge is -2.16. The molecular formula is C25H46N2O4. The van der Waals surface area contributed by atoms with Crippen molar-refractivity contribution in [2.24, 2.45) is 11.3 Å². The van der Waals surface area contributed by atoms with Crippen molar-refractivity contribution in [2.75, 3.05) is 13.1 Å². The Labute approximate surface area is 189 Å². The zero-order valence-corrected chi connectivity index (χ0v) is 20.6. The van der Waals surface area contributed by atoms with Crippen LogP contribution < -0.4 is 10.6 Å². The van der Waals surface area contributed by atoms with Crippen LogP contribution in [0.2, 0.25) is 0 Å². The summed E-state index contributed by atoms with van der Waals surface area (Å²) in [6, 6.07) is 0. The minimum Gasteiger partial charge on any atom is -0.356 e. The number of Topliss-reactive ketones (excluding diaryl/α,β-unsaturated/α-hetero) is 2. The molecule has 0 rings (SSSR count). The van der Waals surface area contributed by atoms with Crippen molar-refractivity contribution in [3.8, 4) is 0 Å². The first-order chi connectivity index (χ1) is 14.5. The van der Waals surface area contributed by atoms with Crippen molar-refractivity contribution in [1.82, 2.24) is 10.6 Å². The third kappa shape index (κ3) is 17.6. The molecule has 0 heterocycles. The minimum atomic E-state index is -0.292. The first kappa shape index (κ1) is 29.3. The molecule has 0 unspecified atom stereocenters. The molecule has 6 nitrogen and oxygen atoms in total. The average molecular weight is 439 g/mol. The molecule has 2 N–H and O–H groups in total. The van der Waals surface area contributed by atoms with Crippen molar-refractivity contribution < 1.29 is 19.2 Å². The highest BCUT2D eigenvalue weighted by molar-refractivity contribution is 5.83. The van der Waals surface area contributed by atoms with Crippen molar-refractivity contribution in [3.05, 3.63) is 0 Å². The first-order valence-electron chi connectivity index (χ1n) is 12.1. The van der Waals surface area contributed by atoms with Gasteiger partial charge in [-0.25, -0.2) is 0 Å². The number of carbonyl (C=O) groups excluding carboxylic acids is 4. The van der Waals surface area contributed by atoms with Crippen LogP contribution in [-0.4, -0.2) is 36.5 Å². The van der Waals surface area contributed by atoms with Gasteiger partial charge in [-0.15, -0.1) is 0 Å². The Morgan fingerprint density at radius 3 is 1.45 bits per heavy atom. The second-order valence-corrected chi connectivity index (χ2v) is 9.82. The van der Waals surface area contributed by atoms with Gasteiger partial charge in [-0.2, -0.15) is 0 Å². The molecule has 0 saturated heterocycles. The largest absolute Gasteiger partial charge is 0.356 e. The van der Waals surface area contributed by atoms with Crippen LogP contribution in [0.1, 0.15) is 112 Å². The van der Waals surface area contributed by atoms with Gasteiger partial charge in [0.25, 0.3) is 0 Å². The fraction of sp³-hybridized carbons (Fsp3) is 0.840. The van der Waals surface area contributed by atoms with E-state index in [0.29, 0.717) is 38.8 Å². The van der Waals surface area contributed by atoms with Crippen LogP contribution in [0.25, 0.3) is 0 Å². The monoisotopic (exact) mass is 438 g/mol. The highest BCUT2D eigenvalue weighted by atomic mass is 16.2. The third-order valence-corrected chi connectivity index (χ3v) is 5.36. The lowest BCUT2D eigenvalue weighted by Crippen LogP contribution is -2.25. The van der Waals surface area contributed by atoms with E-state index >= 15 is 0 Å². The highest BCUT2D eigenvalue weighted by Crippen LogP contribution is 2.18. The lowest BCUT2D eigenvalue weighted by atomic mass is 9.88. The highest BCUT2D eigenvalue weighted by Gasteiger charge is 2.20. The molecule has 0 fully saturated rings. The Kier molecular flexibility index (Phi) is 16.0. The molecule has 0 spiro atoms. The number of amides is 2. The van der Waals surface area contributed by atoms with E-state index in [-0.39, 0.29) is 34.7 Å². The predicted molar refractivity (Wildman–Crippen MR) is 126 cm³/mol. The second kappa shape index (κ2) is 16.9. The van der Waals surface area contributed by atoms with Crippen LogP contribution in [0.5, 0.6) is 0 Å². The number of unbranched alkanes of at least 4 members (excludes halogenated alkanes) is 5. The first-order valence-corrected chi connectivity index (χ1v) is 12.1. The van der Waals surface area contributed by atoms with E-state index in [0.717, 1.165) is 51.4 Å². The molecule has 0 aromatic rings. The smallest absolute Gasteiger partial charge is 0.219 e. The Bertz CT molecular complexity index is 550. The van der Waals surface area contributed by atoms with Crippen LogP contribution in [-0.2, 0) is 19.2 Å². The van der Waals surface area contributed by atoms with Crippen LogP contribution >= 0.6 is 0 Å². The maximum absolute atomic E-state index is 11.8. The van der Waals surface area contributed by atoms with Gasteiger partial charge in [0.2, 0.25) is 11.8 Å². The Morgan fingerprint density at radius 1 is 0.613 bits per heavy atom. The van der Waals surface area contributed by atoms with Crippen molar-refractivity contribution in [2.45, 2.75) is 112 Å². The summed E-state index contributed by atoms with van der Waals surface area (Å²) >= 11 is 0. The quantitative estimate of drug-likeness (QED) is 0.302. The van der Waals surface area contributed by atoms with Gasteiger partial charge in [-0.05, 0) is 38.5 Å².